The van der Waals surface area contributed by atoms with Crippen LogP contribution in [0.15, 0.2) is 22.9 Å². The average molecular weight is 306 g/mol. The molecule has 0 spiro atoms. The van der Waals surface area contributed by atoms with Crippen LogP contribution in [0.25, 0.3) is 0 Å². The van der Waals surface area contributed by atoms with E-state index in [0.717, 1.165) is 0 Å². The van der Waals surface area contributed by atoms with Gasteiger partial charge in [0.2, 0.25) is 5.95 Å². The van der Waals surface area contributed by atoms with E-state index in [2.05, 4.69) is 26.0 Å². The highest BCUT2D eigenvalue weighted by Gasteiger charge is 2.10. The minimum absolute atomic E-state index is 0.0865. The molecule has 0 atom stereocenters. The fourth-order valence-electron chi connectivity index (χ4n) is 1.27. The van der Waals surface area contributed by atoms with Gasteiger partial charge in [0.25, 0.3) is 0 Å². The number of benzene rings is 1. The molecule has 16 heavy (non-hydrogen) atoms. The molecule has 0 amide bonds. The molecule has 0 fully saturated rings. The van der Waals surface area contributed by atoms with Crippen molar-refractivity contribution < 1.29 is 4.39 Å². The van der Waals surface area contributed by atoms with E-state index >= 15 is 0 Å². The molecule has 7 heteroatoms. The Morgan fingerprint density at radius 1 is 1.50 bits per heavy atom. The fourth-order valence-corrected chi connectivity index (χ4v) is 1.84. The molecule has 0 bridgehead atoms. The second-order valence-corrected chi connectivity index (χ2v) is 4.20. The minimum Gasteiger partial charge on any atom is -0.366 e. The zero-order valence-electron chi connectivity index (χ0n) is 7.99. The predicted molar refractivity (Wildman–Crippen MR) is 62.6 cm³/mol. The van der Waals surface area contributed by atoms with Crippen molar-refractivity contribution >= 4 is 33.5 Å². The topological polar surface area (TPSA) is 56.7 Å². The van der Waals surface area contributed by atoms with Gasteiger partial charge in [0.15, 0.2) is 4.73 Å². The third-order valence-electron chi connectivity index (χ3n) is 1.99. The molecule has 1 heterocycles. The van der Waals surface area contributed by atoms with Gasteiger partial charge in [-0.1, -0.05) is 23.7 Å². The SMILES string of the molecule is Nc1nc(Br)n(Cc2cccc(F)c2Cl)n1. The number of aromatic nitrogens is 3. The van der Waals surface area contributed by atoms with Gasteiger partial charge in [0.05, 0.1) is 11.6 Å². The molecule has 1 aromatic carbocycles. The van der Waals surface area contributed by atoms with Crippen molar-refractivity contribution in [1.29, 1.82) is 0 Å². The molecule has 0 aliphatic rings. The van der Waals surface area contributed by atoms with Gasteiger partial charge in [-0.15, -0.1) is 5.10 Å². The summed E-state index contributed by atoms with van der Waals surface area (Å²) < 4.78 is 15.1. The lowest BCUT2D eigenvalue weighted by atomic mass is 10.2. The smallest absolute Gasteiger partial charge is 0.240 e. The summed E-state index contributed by atoms with van der Waals surface area (Å²) in [6.07, 6.45) is 0. The molecular formula is C9H7BrClFN4. The lowest BCUT2D eigenvalue weighted by molar-refractivity contribution is 0.618. The number of nitrogens with two attached hydrogens (primary N) is 1. The summed E-state index contributed by atoms with van der Waals surface area (Å²) in [5, 5.41) is 4.02. The summed E-state index contributed by atoms with van der Waals surface area (Å²) >= 11 is 9.01. The van der Waals surface area contributed by atoms with Gasteiger partial charge in [0.1, 0.15) is 5.82 Å². The van der Waals surface area contributed by atoms with Gasteiger partial charge in [-0.05, 0) is 27.6 Å². The standard InChI is InChI=1S/C9H7BrClFN4/c10-8-14-9(13)15-16(8)4-5-2-1-3-6(12)7(5)11/h1-3H,4H2,(H2,13,15). The fraction of sp³-hybridized carbons (Fsp3) is 0.111. The molecule has 2 N–H and O–H groups in total. The summed E-state index contributed by atoms with van der Waals surface area (Å²) in [6.45, 7) is 0.307. The van der Waals surface area contributed by atoms with Crippen molar-refractivity contribution in [1.82, 2.24) is 14.8 Å². The van der Waals surface area contributed by atoms with E-state index in [9.17, 15) is 4.39 Å². The highest BCUT2D eigenvalue weighted by molar-refractivity contribution is 9.10. The van der Waals surface area contributed by atoms with Crippen LogP contribution in [0.1, 0.15) is 5.56 Å². The Bertz CT molecular complexity index is 528. The molecule has 0 saturated heterocycles. The second kappa shape index (κ2) is 4.39. The van der Waals surface area contributed by atoms with Crippen LogP contribution in [-0.2, 0) is 6.54 Å². The Labute approximate surface area is 104 Å². The van der Waals surface area contributed by atoms with Crippen molar-refractivity contribution in [3.63, 3.8) is 0 Å². The van der Waals surface area contributed by atoms with Gasteiger partial charge >= 0.3 is 0 Å². The first-order valence-electron chi connectivity index (χ1n) is 4.36. The van der Waals surface area contributed by atoms with Crippen molar-refractivity contribution in [3.05, 3.63) is 39.3 Å². The zero-order chi connectivity index (χ0) is 11.7. The maximum Gasteiger partial charge on any atom is 0.240 e. The summed E-state index contributed by atoms with van der Waals surface area (Å²) in [7, 11) is 0. The lowest BCUT2D eigenvalue weighted by Gasteiger charge is -2.05. The molecule has 84 valence electrons. The van der Waals surface area contributed by atoms with Gasteiger partial charge < -0.3 is 5.73 Å². The number of hydrogen-bond donors (Lipinski definition) is 1. The van der Waals surface area contributed by atoms with E-state index < -0.39 is 5.82 Å². The van der Waals surface area contributed by atoms with E-state index in [-0.39, 0.29) is 11.0 Å². The number of halogens is 3. The molecule has 2 rings (SSSR count). The van der Waals surface area contributed by atoms with Gasteiger partial charge in [-0.3, -0.25) is 0 Å². The first kappa shape index (κ1) is 11.3. The Morgan fingerprint density at radius 3 is 2.88 bits per heavy atom. The van der Waals surface area contributed by atoms with Crippen LogP contribution in [0.3, 0.4) is 0 Å². The molecule has 1 aromatic heterocycles. The Balaban J connectivity index is 2.34. The van der Waals surface area contributed by atoms with Crippen LogP contribution in [-0.4, -0.2) is 14.8 Å². The van der Waals surface area contributed by atoms with Crippen LogP contribution in [0.5, 0.6) is 0 Å². The monoisotopic (exact) mass is 304 g/mol. The van der Waals surface area contributed by atoms with Crippen molar-refractivity contribution in [2.45, 2.75) is 6.54 Å². The Morgan fingerprint density at radius 2 is 2.25 bits per heavy atom. The van der Waals surface area contributed by atoms with Crippen molar-refractivity contribution in [2.75, 3.05) is 5.73 Å². The molecule has 0 unspecified atom stereocenters. The highest BCUT2D eigenvalue weighted by Crippen LogP contribution is 2.21. The molecule has 4 nitrogen and oxygen atoms in total. The number of anilines is 1. The van der Waals surface area contributed by atoms with Crippen molar-refractivity contribution in [2.24, 2.45) is 0 Å². The van der Waals surface area contributed by atoms with Crippen LogP contribution in [0, 0.1) is 5.82 Å². The first-order chi connectivity index (χ1) is 7.58. The summed E-state index contributed by atoms with van der Waals surface area (Å²) in [6, 6.07) is 4.61. The van der Waals surface area contributed by atoms with Crippen LogP contribution >= 0.6 is 27.5 Å². The quantitative estimate of drug-likeness (QED) is 0.927. The molecule has 0 radical (unpaired) electrons. The van der Waals surface area contributed by atoms with E-state index in [1.807, 2.05) is 0 Å². The Hall–Kier alpha value is -1.14. The van der Waals surface area contributed by atoms with Crippen LogP contribution < -0.4 is 5.73 Å². The maximum atomic E-state index is 13.2. The summed E-state index contributed by atoms with van der Waals surface area (Å²) in [5.74, 6) is -0.303. The average Bonchev–Trinajstić information content (AvgIpc) is 2.53. The molecule has 0 saturated carbocycles. The Kier molecular flexibility index (Phi) is 3.11. The summed E-state index contributed by atoms with van der Waals surface area (Å²) in [4.78, 5) is 3.87. The number of hydrogen-bond acceptors (Lipinski definition) is 3. The first-order valence-corrected chi connectivity index (χ1v) is 5.53. The van der Waals surface area contributed by atoms with E-state index in [1.165, 1.54) is 10.7 Å². The van der Waals surface area contributed by atoms with Crippen LogP contribution in [0.2, 0.25) is 5.02 Å². The summed E-state index contributed by atoms with van der Waals surface area (Å²) in [5.41, 5.74) is 6.04. The van der Waals surface area contributed by atoms with Crippen molar-refractivity contribution in [3.8, 4) is 0 Å². The lowest BCUT2D eigenvalue weighted by Crippen LogP contribution is -2.04. The third kappa shape index (κ3) is 2.17. The minimum atomic E-state index is -0.455. The third-order valence-corrected chi connectivity index (χ3v) is 3.00. The number of nitrogen functional groups attached to an aromatic ring is 1. The van der Waals surface area contributed by atoms with E-state index in [4.69, 9.17) is 17.3 Å². The largest absolute Gasteiger partial charge is 0.366 e. The van der Waals surface area contributed by atoms with Gasteiger partial charge in [-0.2, -0.15) is 4.98 Å². The molecule has 0 aliphatic carbocycles. The predicted octanol–water partition coefficient (Wildman–Crippen LogP) is 2.46. The maximum absolute atomic E-state index is 13.2. The molecule has 0 aliphatic heterocycles. The molecule has 2 aromatic rings. The normalized spacial score (nSPS) is 10.7. The van der Waals surface area contributed by atoms with Gasteiger partial charge in [0, 0.05) is 0 Å². The van der Waals surface area contributed by atoms with E-state index in [1.54, 1.807) is 12.1 Å². The number of rotatable bonds is 2. The molecular weight excluding hydrogens is 298 g/mol. The highest BCUT2D eigenvalue weighted by atomic mass is 79.9. The van der Waals surface area contributed by atoms with Crippen LogP contribution in [0.4, 0.5) is 10.3 Å². The van der Waals surface area contributed by atoms with E-state index in [0.29, 0.717) is 16.8 Å². The number of nitrogens with zero attached hydrogens (tertiary/aromatic N) is 3. The zero-order valence-corrected chi connectivity index (χ0v) is 10.3. The second-order valence-electron chi connectivity index (χ2n) is 3.11. The van der Waals surface area contributed by atoms with Gasteiger partial charge in [-0.25, -0.2) is 9.07 Å².